The number of carbonyl (C=O) groups excluding carboxylic acids is 1. The molecule has 0 radical (unpaired) electrons. The van der Waals surface area contributed by atoms with Crippen molar-refractivity contribution in [2.24, 2.45) is 5.73 Å². The van der Waals surface area contributed by atoms with Gasteiger partial charge in [0.05, 0.1) is 5.70 Å². The Kier molecular flexibility index (Phi) is 7.32. The Morgan fingerprint density at radius 3 is 1.12 bits per heavy atom. The van der Waals surface area contributed by atoms with Gasteiger partial charge in [-0.2, -0.15) is 74.6 Å². The monoisotopic (exact) mass is 517 g/mol. The minimum atomic E-state index is -8.68. The Balaban J connectivity index is 6.53. The molecule has 0 rings (SSSR count). The van der Waals surface area contributed by atoms with Gasteiger partial charge in [-0.3, -0.25) is 4.79 Å². The summed E-state index contributed by atoms with van der Waals surface area (Å²) in [5.74, 6) is -58.6. The molecular formula is C13H8F17NO. The first-order chi connectivity index (χ1) is 13.6. The number of allylic oxidation sites excluding steroid dienone is 1. The minimum absolute atomic E-state index is 1.15. The van der Waals surface area contributed by atoms with E-state index in [4.69, 9.17) is 0 Å². The first kappa shape index (κ1) is 30.0. The largest absolute Gasteiger partial charge is 0.460 e. The molecule has 2 nitrogen and oxygen atoms in total. The predicted molar refractivity (Wildman–Crippen MR) is 68.3 cm³/mol. The van der Waals surface area contributed by atoms with Crippen molar-refractivity contribution in [3.05, 3.63) is 12.3 Å². The van der Waals surface area contributed by atoms with Crippen molar-refractivity contribution in [2.45, 2.75) is 60.5 Å². The average Bonchev–Trinajstić information content (AvgIpc) is 2.57. The van der Waals surface area contributed by atoms with Crippen LogP contribution in [0.25, 0.3) is 0 Å². The van der Waals surface area contributed by atoms with E-state index < -0.39 is 72.0 Å². The van der Waals surface area contributed by atoms with Crippen molar-refractivity contribution >= 4 is 5.78 Å². The van der Waals surface area contributed by atoms with E-state index >= 15 is 0 Å². The summed E-state index contributed by atoms with van der Waals surface area (Å²) >= 11 is 0. The second-order valence-electron chi connectivity index (χ2n) is 6.10. The molecule has 0 unspecified atom stereocenters. The van der Waals surface area contributed by atoms with Crippen molar-refractivity contribution in [1.82, 2.24) is 0 Å². The van der Waals surface area contributed by atoms with Gasteiger partial charge < -0.3 is 5.73 Å². The summed E-state index contributed by atoms with van der Waals surface area (Å²) in [6, 6.07) is 0. The molecular weight excluding hydrogens is 509 g/mol. The third-order valence-corrected chi connectivity index (χ3v) is 3.81. The van der Waals surface area contributed by atoms with Gasteiger partial charge in [0, 0.05) is 12.8 Å². The van der Waals surface area contributed by atoms with Gasteiger partial charge in [-0.25, -0.2) is 0 Å². The second-order valence-corrected chi connectivity index (χ2v) is 6.10. The number of halogens is 17. The Morgan fingerprint density at radius 1 is 0.562 bits per heavy atom. The number of hydrogen-bond donors (Lipinski definition) is 1. The highest BCUT2D eigenvalue weighted by atomic mass is 19.4. The quantitative estimate of drug-likeness (QED) is 0.294. The number of carbonyl (C=O) groups is 1. The van der Waals surface area contributed by atoms with Crippen molar-refractivity contribution in [2.75, 3.05) is 0 Å². The Bertz CT molecular complexity index is 735. The number of Topliss-reactive ketones (excluding diaryl/α,β-unsaturated/α-hetero) is 1. The van der Waals surface area contributed by atoms with E-state index in [-0.39, 0.29) is 0 Å². The summed E-state index contributed by atoms with van der Waals surface area (Å²) in [6.07, 6.45) is -12.6. The molecule has 0 fully saturated rings. The molecule has 0 atom stereocenters. The molecule has 0 spiro atoms. The zero-order valence-electron chi connectivity index (χ0n) is 14.5. The highest BCUT2D eigenvalue weighted by Gasteiger charge is 2.95. The smallest absolute Gasteiger partial charge is 0.396 e. The van der Waals surface area contributed by atoms with Crippen LogP contribution in [0.3, 0.4) is 0 Å². The molecule has 0 aromatic heterocycles. The van der Waals surface area contributed by atoms with Gasteiger partial charge in [0.2, 0.25) is 0 Å². The van der Waals surface area contributed by atoms with E-state index in [2.05, 4.69) is 12.3 Å². The maximum absolute atomic E-state index is 13.4. The molecule has 0 saturated heterocycles. The fourth-order valence-electron chi connectivity index (χ4n) is 1.78. The summed E-state index contributed by atoms with van der Waals surface area (Å²) in [5, 5.41) is 0. The van der Waals surface area contributed by atoms with Gasteiger partial charge in [-0.05, 0) is 0 Å². The molecule has 190 valence electrons. The van der Waals surface area contributed by atoms with Crippen LogP contribution in [-0.4, -0.2) is 53.4 Å². The van der Waals surface area contributed by atoms with Crippen LogP contribution in [0.1, 0.15) is 12.8 Å². The SMILES string of the molecule is C=C(N)C(=O)CCC(F)(F)C(F)(F)C(F)(F)C(F)(F)C(F)(F)C(F)(F)C(F)(F)C(F)(F)F. The predicted octanol–water partition coefficient (Wildman–Crippen LogP) is 5.82. The third kappa shape index (κ3) is 4.06. The van der Waals surface area contributed by atoms with Crippen LogP contribution in [0.15, 0.2) is 12.3 Å². The number of ketones is 1. The second kappa shape index (κ2) is 7.81. The van der Waals surface area contributed by atoms with Crippen LogP contribution >= 0.6 is 0 Å². The molecule has 0 aromatic rings. The number of alkyl halides is 17. The summed E-state index contributed by atoms with van der Waals surface area (Å²) < 4.78 is 221. The Labute approximate surface area is 165 Å². The molecule has 0 aliphatic heterocycles. The standard InChI is InChI=1S/C13H8F17NO/c1-4(31)5(32)2-3-6(14,15)7(16,17)8(18,19)9(20,21)10(22,23)11(24,25)12(26,27)13(28,29)30/h1-3,31H2. The first-order valence-corrected chi connectivity index (χ1v) is 7.27. The van der Waals surface area contributed by atoms with Gasteiger partial charge in [-0.15, -0.1) is 0 Å². The topological polar surface area (TPSA) is 43.1 Å². The number of rotatable bonds is 10. The molecule has 0 amide bonds. The van der Waals surface area contributed by atoms with Crippen LogP contribution in [-0.2, 0) is 4.79 Å². The zero-order valence-corrected chi connectivity index (χ0v) is 14.5. The van der Waals surface area contributed by atoms with Gasteiger partial charge in [-0.1, -0.05) is 6.58 Å². The lowest BCUT2D eigenvalue weighted by Crippen LogP contribution is -2.74. The van der Waals surface area contributed by atoms with Gasteiger partial charge in [0.1, 0.15) is 0 Å². The van der Waals surface area contributed by atoms with Crippen LogP contribution in [0, 0.1) is 0 Å². The first-order valence-electron chi connectivity index (χ1n) is 7.27. The molecule has 0 saturated carbocycles. The van der Waals surface area contributed by atoms with Crippen LogP contribution in [0.4, 0.5) is 74.6 Å². The fraction of sp³-hybridized carbons (Fsp3) is 0.769. The van der Waals surface area contributed by atoms with E-state index in [1.807, 2.05) is 0 Å². The minimum Gasteiger partial charge on any atom is -0.396 e. The van der Waals surface area contributed by atoms with Crippen molar-refractivity contribution in [3.8, 4) is 0 Å². The molecule has 0 aliphatic carbocycles. The Hall–Kier alpha value is -1.98. The molecule has 2 N–H and O–H groups in total. The molecule has 19 heteroatoms. The van der Waals surface area contributed by atoms with Gasteiger partial charge in [0.25, 0.3) is 0 Å². The summed E-state index contributed by atoms with van der Waals surface area (Å²) in [5.41, 5.74) is 3.47. The lowest BCUT2D eigenvalue weighted by Gasteiger charge is -2.42. The normalized spacial score (nSPS) is 15.7. The fourth-order valence-corrected chi connectivity index (χ4v) is 1.78. The highest BCUT2D eigenvalue weighted by Crippen LogP contribution is 2.64. The van der Waals surface area contributed by atoms with Crippen molar-refractivity contribution in [1.29, 1.82) is 0 Å². The van der Waals surface area contributed by atoms with Crippen molar-refractivity contribution in [3.63, 3.8) is 0 Å². The maximum Gasteiger partial charge on any atom is 0.460 e. The number of nitrogens with two attached hydrogens (primary N) is 1. The summed E-state index contributed by atoms with van der Waals surface area (Å²) in [4.78, 5) is 10.9. The molecule has 0 bridgehead atoms. The van der Waals surface area contributed by atoms with E-state index in [9.17, 15) is 79.4 Å². The lowest BCUT2D eigenvalue weighted by molar-refractivity contribution is -0.461. The summed E-state index contributed by atoms with van der Waals surface area (Å²) in [6.45, 7) is 2.59. The molecule has 0 aromatic carbocycles. The highest BCUT2D eigenvalue weighted by molar-refractivity contribution is 5.93. The van der Waals surface area contributed by atoms with Crippen LogP contribution in [0.5, 0.6) is 0 Å². The van der Waals surface area contributed by atoms with Crippen LogP contribution < -0.4 is 5.73 Å². The maximum atomic E-state index is 13.4. The molecule has 0 heterocycles. The van der Waals surface area contributed by atoms with E-state index in [0.717, 1.165) is 0 Å². The van der Waals surface area contributed by atoms with Crippen LogP contribution in [0.2, 0.25) is 0 Å². The van der Waals surface area contributed by atoms with Gasteiger partial charge in [0.15, 0.2) is 5.78 Å². The number of hydrogen-bond acceptors (Lipinski definition) is 2. The van der Waals surface area contributed by atoms with Crippen molar-refractivity contribution < 1.29 is 79.4 Å². The zero-order chi connectivity index (χ0) is 26.6. The van der Waals surface area contributed by atoms with E-state index in [0.29, 0.717) is 0 Å². The van der Waals surface area contributed by atoms with Gasteiger partial charge >= 0.3 is 47.6 Å². The average molecular weight is 517 g/mol. The lowest BCUT2D eigenvalue weighted by atomic mass is 9.87. The molecule has 0 aliphatic rings. The Morgan fingerprint density at radius 2 is 0.844 bits per heavy atom. The molecule has 32 heavy (non-hydrogen) atoms. The third-order valence-electron chi connectivity index (χ3n) is 3.81. The van der Waals surface area contributed by atoms with E-state index in [1.165, 1.54) is 0 Å². The summed E-state index contributed by atoms with van der Waals surface area (Å²) in [7, 11) is 0. The van der Waals surface area contributed by atoms with E-state index in [1.54, 1.807) is 0 Å².